The van der Waals surface area contributed by atoms with Gasteiger partial charge in [-0.15, -0.1) is 0 Å². The lowest BCUT2D eigenvalue weighted by atomic mass is 9.60. The molecule has 3 aromatic rings. The van der Waals surface area contributed by atoms with Gasteiger partial charge in [0.1, 0.15) is 5.82 Å². The second kappa shape index (κ2) is 8.12. The molecule has 0 saturated carbocycles. The summed E-state index contributed by atoms with van der Waals surface area (Å²) in [6, 6.07) is 14.2. The van der Waals surface area contributed by atoms with Crippen molar-refractivity contribution in [1.29, 1.82) is 0 Å². The summed E-state index contributed by atoms with van der Waals surface area (Å²) >= 11 is 12.5. The zero-order valence-corrected chi connectivity index (χ0v) is 18.6. The van der Waals surface area contributed by atoms with Crippen LogP contribution in [0.4, 0.5) is 23.2 Å². The number of nitrogens with zero attached hydrogens (tertiary/aromatic N) is 1. The Morgan fingerprint density at radius 1 is 0.970 bits per heavy atom. The lowest BCUT2D eigenvalue weighted by Gasteiger charge is -2.48. The van der Waals surface area contributed by atoms with Crippen molar-refractivity contribution in [2.45, 2.75) is 30.0 Å². The zero-order chi connectivity index (χ0) is 23.4. The van der Waals surface area contributed by atoms with Gasteiger partial charge >= 0.3 is 6.18 Å². The minimum Gasteiger partial charge on any atom is -0.309 e. The summed E-state index contributed by atoms with van der Waals surface area (Å²) in [4.78, 5) is 4.57. The Bertz CT molecular complexity index is 1260. The van der Waals surface area contributed by atoms with Gasteiger partial charge in [-0.25, -0.2) is 4.39 Å². The molecule has 0 bridgehead atoms. The first-order valence-corrected chi connectivity index (χ1v) is 11.2. The van der Waals surface area contributed by atoms with E-state index in [-0.39, 0.29) is 11.5 Å². The highest BCUT2D eigenvalue weighted by atomic mass is 35.5. The largest absolute Gasteiger partial charge is 0.416 e. The minimum absolute atomic E-state index is 0.150. The molecule has 5 rings (SSSR count). The molecule has 33 heavy (non-hydrogen) atoms. The van der Waals surface area contributed by atoms with Crippen LogP contribution in [0.3, 0.4) is 0 Å². The monoisotopic (exact) mass is 492 g/mol. The van der Waals surface area contributed by atoms with Crippen molar-refractivity contribution in [3.63, 3.8) is 0 Å². The quantitative estimate of drug-likeness (QED) is 0.365. The predicted molar refractivity (Wildman–Crippen MR) is 122 cm³/mol. The van der Waals surface area contributed by atoms with Crippen LogP contribution in [0.5, 0.6) is 0 Å². The fourth-order valence-corrected chi connectivity index (χ4v) is 5.64. The predicted octanol–water partition coefficient (Wildman–Crippen LogP) is 7.62. The van der Waals surface area contributed by atoms with Crippen LogP contribution in [0, 0.1) is 5.82 Å². The molecule has 1 saturated heterocycles. The van der Waals surface area contributed by atoms with E-state index < -0.39 is 29.0 Å². The van der Waals surface area contributed by atoms with Gasteiger partial charge in [0.05, 0.1) is 16.7 Å². The summed E-state index contributed by atoms with van der Waals surface area (Å²) < 4.78 is 56.4. The van der Waals surface area contributed by atoms with Crippen LogP contribution >= 0.6 is 23.2 Å². The van der Waals surface area contributed by atoms with E-state index in [0.29, 0.717) is 28.7 Å². The van der Waals surface area contributed by atoms with Crippen molar-refractivity contribution < 1.29 is 17.6 Å². The Morgan fingerprint density at radius 2 is 1.76 bits per heavy atom. The van der Waals surface area contributed by atoms with E-state index in [1.54, 1.807) is 30.5 Å². The lowest BCUT2D eigenvalue weighted by Crippen LogP contribution is -2.51. The maximum Gasteiger partial charge on any atom is 0.416 e. The highest BCUT2D eigenvalue weighted by Crippen LogP contribution is 2.57. The fraction of sp³-hybridized carbons (Fsp3) is 0.240. The molecule has 3 atom stereocenters. The van der Waals surface area contributed by atoms with Gasteiger partial charge in [-0.2, -0.15) is 13.2 Å². The molecule has 1 N–H and O–H groups in total. The second-order valence-electron chi connectivity index (χ2n) is 8.37. The number of benzene rings is 3. The van der Waals surface area contributed by atoms with Gasteiger partial charge in [0, 0.05) is 28.2 Å². The Morgan fingerprint density at radius 3 is 2.52 bits per heavy atom. The molecule has 2 heterocycles. The summed E-state index contributed by atoms with van der Waals surface area (Å²) in [5, 5.41) is 4.26. The van der Waals surface area contributed by atoms with Gasteiger partial charge in [-0.05, 0) is 72.1 Å². The number of fused-ring (bicyclic) bond motifs is 2. The summed E-state index contributed by atoms with van der Waals surface area (Å²) in [5.74, 6) is -0.982. The summed E-state index contributed by atoms with van der Waals surface area (Å²) in [6.07, 6.45) is -2.32. The van der Waals surface area contributed by atoms with Crippen LogP contribution in [0.25, 0.3) is 0 Å². The maximum atomic E-state index is 14.3. The fourth-order valence-electron chi connectivity index (χ4n) is 5.28. The molecule has 1 spiro atoms. The van der Waals surface area contributed by atoms with E-state index in [1.165, 1.54) is 0 Å². The van der Waals surface area contributed by atoms with Crippen molar-refractivity contribution in [2.24, 2.45) is 4.99 Å². The number of alkyl halides is 3. The minimum atomic E-state index is -4.65. The molecule has 0 aliphatic carbocycles. The number of piperidine rings is 1. The SMILES string of the molecule is Fc1ccc(C(F)(F)F)c([C@H]2NCC[C@@H](c3cccc(Cl)c3)[C@]23C=Nc2cc(Cl)ccc23)c1. The van der Waals surface area contributed by atoms with Gasteiger partial charge in [0.2, 0.25) is 0 Å². The van der Waals surface area contributed by atoms with Crippen LogP contribution < -0.4 is 5.32 Å². The van der Waals surface area contributed by atoms with Crippen molar-refractivity contribution in [3.05, 3.63) is 98.8 Å². The molecule has 0 aromatic heterocycles. The molecular formula is C25H18Cl2F4N2. The molecular weight excluding hydrogens is 475 g/mol. The average molecular weight is 493 g/mol. The molecule has 2 aliphatic heterocycles. The number of aliphatic imine (C=N–C) groups is 1. The molecule has 1 fully saturated rings. The van der Waals surface area contributed by atoms with E-state index in [2.05, 4.69) is 10.3 Å². The third kappa shape index (κ3) is 3.74. The molecule has 2 nitrogen and oxygen atoms in total. The van der Waals surface area contributed by atoms with Gasteiger partial charge in [-0.1, -0.05) is 41.4 Å². The van der Waals surface area contributed by atoms with Gasteiger partial charge in [0.15, 0.2) is 0 Å². The molecule has 3 aromatic carbocycles. The number of nitrogens with one attached hydrogen (secondary N) is 1. The molecule has 2 aliphatic rings. The van der Waals surface area contributed by atoms with E-state index in [1.807, 2.05) is 18.2 Å². The summed E-state index contributed by atoms with van der Waals surface area (Å²) in [7, 11) is 0. The third-order valence-corrected chi connectivity index (χ3v) is 7.03. The maximum absolute atomic E-state index is 14.3. The molecule has 170 valence electrons. The molecule has 0 radical (unpaired) electrons. The normalized spacial score (nSPS) is 24.3. The molecule has 0 unspecified atom stereocenters. The highest BCUT2D eigenvalue weighted by Gasteiger charge is 2.54. The summed E-state index contributed by atoms with van der Waals surface area (Å²) in [6.45, 7) is 0.439. The average Bonchev–Trinajstić information content (AvgIpc) is 3.11. The third-order valence-electron chi connectivity index (χ3n) is 6.56. The first kappa shape index (κ1) is 22.4. The van der Waals surface area contributed by atoms with Crippen molar-refractivity contribution in [3.8, 4) is 0 Å². The second-order valence-corrected chi connectivity index (χ2v) is 9.24. The highest BCUT2D eigenvalue weighted by molar-refractivity contribution is 6.31. The smallest absolute Gasteiger partial charge is 0.309 e. The summed E-state index contributed by atoms with van der Waals surface area (Å²) in [5.41, 5.74) is 0.191. The Balaban J connectivity index is 1.78. The number of hydrogen-bond donors (Lipinski definition) is 1. The van der Waals surface area contributed by atoms with E-state index in [0.717, 1.165) is 29.3 Å². The van der Waals surface area contributed by atoms with Crippen LogP contribution in [-0.2, 0) is 11.6 Å². The Hall–Kier alpha value is -2.41. The van der Waals surface area contributed by atoms with Crippen molar-refractivity contribution in [1.82, 2.24) is 5.32 Å². The number of rotatable bonds is 2. The first-order valence-electron chi connectivity index (χ1n) is 10.4. The molecule has 0 amide bonds. The number of halogens is 6. The van der Waals surface area contributed by atoms with Crippen molar-refractivity contribution >= 4 is 35.1 Å². The lowest BCUT2D eigenvalue weighted by molar-refractivity contribution is -0.138. The first-order chi connectivity index (χ1) is 15.7. The van der Waals surface area contributed by atoms with E-state index >= 15 is 0 Å². The molecule has 8 heteroatoms. The van der Waals surface area contributed by atoms with Crippen LogP contribution in [0.15, 0.2) is 65.7 Å². The Labute approximate surface area is 198 Å². The Kier molecular flexibility index (Phi) is 5.51. The standard InChI is InChI=1S/C25H18Cl2F4N2/c26-15-3-1-2-14(10-15)19-8-9-32-23(18-12-17(28)5-7-20(18)25(29,30)31)24(19)13-33-22-11-16(27)4-6-21(22)24/h1-7,10-13,19,23,32H,8-9H2/t19-,23+,24-/m0/s1. The van der Waals surface area contributed by atoms with Gasteiger partial charge < -0.3 is 5.32 Å². The van der Waals surface area contributed by atoms with E-state index in [4.69, 9.17) is 23.2 Å². The van der Waals surface area contributed by atoms with Crippen LogP contribution in [-0.4, -0.2) is 12.8 Å². The zero-order valence-electron chi connectivity index (χ0n) is 17.1. The van der Waals surface area contributed by atoms with Gasteiger partial charge in [0.25, 0.3) is 0 Å². The van der Waals surface area contributed by atoms with Crippen LogP contribution in [0.2, 0.25) is 10.0 Å². The van der Waals surface area contributed by atoms with Crippen LogP contribution in [0.1, 0.15) is 40.6 Å². The number of hydrogen-bond acceptors (Lipinski definition) is 2. The van der Waals surface area contributed by atoms with E-state index in [9.17, 15) is 17.6 Å². The topological polar surface area (TPSA) is 24.4 Å². The van der Waals surface area contributed by atoms with Gasteiger partial charge in [-0.3, -0.25) is 4.99 Å². The van der Waals surface area contributed by atoms with Crippen molar-refractivity contribution in [2.75, 3.05) is 6.54 Å².